The molecule has 1 N–H and O–H groups in total. The summed E-state index contributed by atoms with van der Waals surface area (Å²) in [6.45, 7) is 0. The number of fused-ring (bicyclic) bond motifs is 2. The minimum atomic E-state index is -0.818. The third-order valence-corrected chi connectivity index (χ3v) is 5.15. The van der Waals surface area contributed by atoms with Crippen LogP contribution in [0.1, 0.15) is 16.8 Å². The standard InChI is InChI=1S/C21H14N6/c1-2-6-14(7-3-1)21(18-11-13-23-26-18)19-24-16-9-5-4-8-15(16)17-10-12-22-20(25-21)27(17)19/h1-13H,(H,23,26). The van der Waals surface area contributed by atoms with Gasteiger partial charge in [-0.2, -0.15) is 5.10 Å². The van der Waals surface area contributed by atoms with E-state index < -0.39 is 5.54 Å². The maximum absolute atomic E-state index is 5.08. The maximum atomic E-state index is 5.08. The topological polar surface area (TPSA) is 69.0 Å². The first-order valence-corrected chi connectivity index (χ1v) is 8.76. The number of aromatic nitrogens is 2. The normalized spacial score (nSPS) is 21.9. The number of benzene rings is 2. The summed E-state index contributed by atoms with van der Waals surface area (Å²) in [6.07, 6.45) is 5.56. The molecule has 6 rings (SSSR count). The molecule has 0 bridgehead atoms. The van der Waals surface area contributed by atoms with Crippen molar-refractivity contribution in [2.24, 2.45) is 15.0 Å². The summed E-state index contributed by atoms with van der Waals surface area (Å²) in [5.74, 6) is 1.45. The number of rotatable bonds is 2. The number of aromatic amines is 1. The van der Waals surface area contributed by atoms with Gasteiger partial charge in [0.1, 0.15) is 0 Å². The predicted octanol–water partition coefficient (Wildman–Crippen LogP) is 3.49. The van der Waals surface area contributed by atoms with Crippen molar-refractivity contribution in [2.45, 2.75) is 5.54 Å². The number of guanidine groups is 1. The molecule has 6 heteroatoms. The van der Waals surface area contributed by atoms with Crippen LogP contribution in [0.3, 0.4) is 0 Å². The number of H-pyrrole nitrogens is 1. The summed E-state index contributed by atoms with van der Waals surface area (Å²) < 4.78 is 0. The second kappa shape index (κ2) is 5.11. The predicted molar refractivity (Wildman–Crippen MR) is 105 cm³/mol. The molecule has 0 fully saturated rings. The number of nitrogens with zero attached hydrogens (tertiary/aromatic N) is 5. The molecule has 6 nitrogen and oxygen atoms in total. The third-order valence-electron chi connectivity index (χ3n) is 5.15. The Hall–Kier alpha value is -3.80. The van der Waals surface area contributed by atoms with E-state index in [1.165, 1.54) is 0 Å². The van der Waals surface area contributed by atoms with Crippen molar-refractivity contribution < 1.29 is 0 Å². The molecule has 4 heterocycles. The molecule has 0 spiro atoms. The summed E-state index contributed by atoms with van der Waals surface area (Å²) in [5, 5.41) is 7.30. The Bertz CT molecular complexity index is 1170. The zero-order valence-electron chi connectivity index (χ0n) is 14.2. The smallest absolute Gasteiger partial charge is 0.232 e. The minimum Gasteiger partial charge on any atom is -0.279 e. The van der Waals surface area contributed by atoms with Crippen LogP contribution in [0.2, 0.25) is 0 Å². The molecule has 0 radical (unpaired) electrons. The number of aliphatic imine (C=N–C) groups is 3. The van der Waals surface area contributed by atoms with Gasteiger partial charge in [-0.15, -0.1) is 0 Å². The van der Waals surface area contributed by atoms with Crippen LogP contribution in [0.5, 0.6) is 0 Å². The van der Waals surface area contributed by atoms with Crippen LogP contribution in [0.4, 0.5) is 5.69 Å². The van der Waals surface area contributed by atoms with Crippen LogP contribution >= 0.6 is 0 Å². The van der Waals surface area contributed by atoms with Gasteiger partial charge in [0.2, 0.25) is 5.96 Å². The number of amidine groups is 1. The van der Waals surface area contributed by atoms with Crippen molar-refractivity contribution in [1.29, 1.82) is 0 Å². The first-order valence-electron chi connectivity index (χ1n) is 8.76. The van der Waals surface area contributed by atoms with E-state index in [0.717, 1.165) is 34.0 Å². The van der Waals surface area contributed by atoms with Crippen LogP contribution in [-0.4, -0.2) is 33.1 Å². The molecule has 3 aliphatic rings. The second-order valence-electron chi connectivity index (χ2n) is 6.58. The number of allylic oxidation sites excluding steroid dienone is 1. The Kier molecular flexibility index (Phi) is 2.72. The number of hydrogen-bond acceptors (Lipinski definition) is 5. The summed E-state index contributed by atoms with van der Waals surface area (Å²) in [4.78, 5) is 16.7. The van der Waals surface area contributed by atoms with Crippen LogP contribution < -0.4 is 0 Å². The van der Waals surface area contributed by atoms with Gasteiger partial charge in [-0.25, -0.2) is 15.0 Å². The second-order valence-corrected chi connectivity index (χ2v) is 6.58. The van der Waals surface area contributed by atoms with Gasteiger partial charge in [-0.1, -0.05) is 48.5 Å². The molecule has 0 aliphatic carbocycles. The number of hydrogen-bond donors (Lipinski definition) is 1. The maximum Gasteiger partial charge on any atom is 0.232 e. The van der Waals surface area contributed by atoms with Crippen molar-refractivity contribution in [3.8, 4) is 0 Å². The molecule has 0 saturated heterocycles. The minimum absolute atomic E-state index is 0.638. The van der Waals surface area contributed by atoms with Crippen LogP contribution in [-0.2, 0) is 5.54 Å². The van der Waals surface area contributed by atoms with Crippen molar-refractivity contribution in [3.63, 3.8) is 0 Å². The fourth-order valence-electron chi connectivity index (χ4n) is 3.97. The highest BCUT2D eigenvalue weighted by atomic mass is 15.4. The lowest BCUT2D eigenvalue weighted by atomic mass is 9.85. The molecule has 2 aromatic carbocycles. The van der Waals surface area contributed by atoms with Crippen LogP contribution in [0.15, 0.2) is 87.9 Å². The molecule has 27 heavy (non-hydrogen) atoms. The van der Waals surface area contributed by atoms with Gasteiger partial charge in [0, 0.05) is 18.0 Å². The van der Waals surface area contributed by atoms with Gasteiger partial charge in [-0.3, -0.25) is 10.00 Å². The Morgan fingerprint density at radius 3 is 2.63 bits per heavy atom. The molecular weight excluding hydrogens is 336 g/mol. The molecule has 3 aliphatic heterocycles. The van der Waals surface area contributed by atoms with Gasteiger partial charge in [0.25, 0.3) is 0 Å². The molecule has 128 valence electrons. The van der Waals surface area contributed by atoms with Crippen LogP contribution in [0, 0.1) is 0 Å². The molecule has 1 aromatic heterocycles. The molecule has 1 atom stereocenters. The lowest BCUT2D eigenvalue weighted by molar-refractivity contribution is 0.682. The highest BCUT2D eigenvalue weighted by Gasteiger charge is 2.53. The lowest BCUT2D eigenvalue weighted by Gasteiger charge is -2.34. The Balaban J connectivity index is 1.73. The van der Waals surface area contributed by atoms with Gasteiger partial charge in [-0.05, 0) is 23.8 Å². The van der Waals surface area contributed by atoms with Crippen molar-refractivity contribution in [2.75, 3.05) is 0 Å². The Morgan fingerprint density at radius 1 is 0.926 bits per heavy atom. The molecular formula is C21H14N6. The van der Waals surface area contributed by atoms with Crippen molar-refractivity contribution in [1.82, 2.24) is 15.1 Å². The highest BCUT2D eigenvalue weighted by Crippen LogP contribution is 2.47. The zero-order valence-corrected chi connectivity index (χ0v) is 14.2. The van der Waals surface area contributed by atoms with Gasteiger partial charge in [0.15, 0.2) is 11.4 Å². The van der Waals surface area contributed by atoms with Gasteiger partial charge >= 0.3 is 0 Å². The molecule has 0 saturated carbocycles. The van der Waals surface area contributed by atoms with E-state index in [1.807, 2.05) is 48.5 Å². The van der Waals surface area contributed by atoms with E-state index in [2.05, 4.69) is 38.3 Å². The highest BCUT2D eigenvalue weighted by molar-refractivity contribution is 6.23. The van der Waals surface area contributed by atoms with Crippen molar-refractivity contribution >= 4 is 29.4 Å². The van der Waals surface area contributed by atoms with E-state index >= 15 is 0 Å². The van der Waals surface area contributed by atoms with Crippen LogP contribution in [0.25, 0.3) is 5.70 Å². The van der Waals surface area contributed by atoms with E-state index in [4.69, 9.17) is 9.98 Å². The Morgan fingerprint density at radius 2 is 1.78 bits per heavy atom. The SMILES string of the molecule is C1=NC2=NC(c3ccccc3)(c3ccn[nH]3)C3=Nc4ccccc4C(=C1)N23. The fraction of sp³-hybridized carbons (Fsp3) is 0.0476. The monoisotopic (exact) mass is 350 g/mol. The van der Waals surface area contributed by atoms with E-state index in [9.17, 15) is 0 Å². The van der Waals surface area contributed by atoms with Crippen molar-refractivity contribution in [3.05, 3.63) is 89.8 Å². The summed E-state index contributed by atoms with van der Waals surface area (Å²) in [5.41, 5.74) is 4.12. The zero-order chi connectivity index (χ0) is 17.8. The first-order chi connectivity index (χ1) is 13.4. The molecule has 0 amide bonds. The summed E-state index contributed by atoms with van der Waals surface area (Å²) in [7, 11) is 0. The summed E-state index contributed by atoms with van der Waals surface area (Å²) >= 11 is 0. The number of nitrogens with one attached hydrogen (secondary N) is 1. The lowest BCUT2D eigenvalue weighted by Crippen LogP contribution is -2.43. The first kappa shape index (κ1) is 14.4. The van der Waals surface area contributed by atoms with Gasteiger partial charge < -0.3 is 0 Å². The quantitative estimate of drug-likeness (QED) is 0.768. The molecule has 1 unspecified atom stereocenters. The fourth-order valence-corrected chi connectivity index (χ4v) is 3.97. The van der Waals surface area contributed by atoms with E-state index in [1.54, 1.807) is 12.4 Å². The molecule has 3 aromatic rings. The summed E-state index contributed by atoms with van der Waals surface area (Å²) in [6, 6.07) is 20.3. The van der Waals surface area contributed by atoms with E-state index in [-0.39, 0.29) is 0 Å². The Labute approximate surface area is 155 Å². The average molecular weight is 350 g/mol. The number of para-hydroxylation sites is 1. The largest absolute Gasteiger partial charge is 0.279 e. The third kappa shape index (κ3) is 1.79. The van der Waals surface area contributed by atoms with E-state index in [0.29, 0.717) is 5.96 Å². The van der Waals surface area contributed by atoms with Gasteiger partial charge in [0.05, 0.1) is 17.1 Å². The average Bonchev–Trinajstić information content (AvgIpc) is 3.37.